The average molecular weight is 122 g/mol. The lowest BCUT2D eigenvalue weighted by Gasteiger charge is -2.14. The minimum Gasteiger partial charge on any atom is -0.414 e. The number of rotatable bonds is 1. The normalized spacial score (nSPS) is 12.5. The Labute approximate surface area is 47.0 Å². The Morgan fingerprint density at radius 3 is 1.83 bits per heavy atom. The fourth-order valence-corrected chi connectivity index (χ4v) is 0. The zero-order chi connectivity index (χ0) is 5.21. The lowest BCUT2D eigenvalue weighted by atomic mass is 10.5. The van der Waals surface area contributed by atoms with Crippen molar-refractivity contribution in [2.45, 2.75) is 18.8 Å². The molecule has 0 radical (unpaired) electrons. The van der Waals surface area contributed by atoms with Crippen LogP contribution in [0.5, 0.6) is 0 Å². The highest BCUT2D eigenvalue weighted by atomic mass is 32.1. The summed E-state index contributed by atoms with van der Waals surface area (Å²) in [7, 11) is 0.772. The van der Waals surface area contributed by atoms with E-state index in [-0.39, 0.29) is 4.93 Å². The number of thiol groups is 1. The molecule has 1 nitrogen and oxygen atoms in total. The topological polar surface area (TPSA) is 9.23 Å². The van der Waals surface area contributed by atoms with Crippen LogP contribution in [0.1, 0.15) is 13.8 Å². The molecule has 0 aromatic rings. The summed E-state index contributed by atoms with van der Waals surface area (Å²) >= 11 is 4.07. The molecule has 0 aliphatic heterocycles. The fourth-order valence-electron chi connectivity index (χ4n) is 0. The van der Waals surface area contributed by atoms with Crippen LogP contribution in [0.15, 0.2) is 0 Å². The monoisotopic (exact) mass is 122 g/mol. The maximum absolute atomic E-state index is 4.94. The van der Waals surface area contributed by atoms with E-state index in [0.717, 1.165) is 10.5 Å². The zero-order valence-electron chi connectivity index (χ0n) is 4.36. The van der Waals surface area contributed by atoms with Crippen molar-refractivity contribution in [3.8, 4) is 0 Å². The van der Waals surface area contributed by atoms with Gasteiger partial charge in [-0.3, -0.25) is 0 Å². The molecule has 0 aromatic carbocycles. The van der Waals surface area contributed by atoms with Gasteiger partial charge in [-0.1, -0.05) is 0 Å². The largest absolute Gasteiger partial charge is 0.414 e. The van der Waals surface area contributed by atoms with Gasteiger partial charge in [0.1, 0.15) is 10.5 Å². The highest BCUT2D eigenvalue weighted by molar-refractivity contribution is 7.81. The zero-order valence-corrected chi connectivity index (χ0v) is 7.25. The summed E-state index contributed by atoms with van der Waals surface area (Å²) in [6.07, 6.45) is 0. The van der Waals surface area contributed by atoms with Gasteiger partial charge in [-0.2, -0.15) is 0 Å². The van der Waals surface area contributed by atoms with Crippen LogP contribution < -0.4 is 0 Å². The van der Waals surface area contributed by atoms with Crippen LogP contribution in [-0.4, -0.2) is 15.4 Å². The molecular formula is C3H10OSSi. The molecule has 0 saturated carbocycles. The van der Waals surface area contributed by atoms with Gasteiger partial charge in [-0.15, -0.1) is 12.6 Å². The fraction of sp³-hybridized carbons (Fsp3) is 1.00. The molecule has 0 heterocycles. The summed E-state index contributed by atoms with van der Waals surface area (Å²) in [6.45, 7) is 3.84. The van der Waals surface area contributed by atoms with Crippen molar-refractivity contribution >= 4 is 23.1 Å². The second-order valence-corrected chi connectivity index (χ2v) is 3.14. The van der Waals surface area contributed by atoms with Crippen molar-refractivity contribution in [1.82, 2.24) is 0 Å². The first-order chi connectivity index (χ1) is 2.56. The molecule has 0 aromatic heterocycles. The Balaban J connectivity index is 3.17. The highest BCUT2D eigenvalue weighted by Gasteiger charge is 2.04. The molecular weight excluding hydrogens is 112 g/mol. The van der Waals surface area contributed by atoms with Gasteiger partial charge in [-0.05, 0) is 13.8 Å². The first kappa shape index (κ1) is 6.53. The Morgan fingerprint density at radius 1 is 1.67 bits per heavy atom. The molecule has 0 aliphatic carbocycles. The first-order valence-corrected chi connectivity index (χ1v) is 3.10. The Hall–Kier alpha value is 0.527. The van der Waals surface area contributed by atoms with Crippen LogP contribution in [0.4, 0.5) is 0 Å². The molecule has 0 spiro atoms. The van der Waals surface area contributed by atoms with Gasteiger partial charge in [0.05, 0.1) is 4.93 Å². The molecule has 3 heteroatoms. The van der Waals surface area contributed by atoms with E-state index in [1.54, 1.807) is 0 Å². The van der Waals surface area contributed by atoms with Crippen LogP contribution in [0.3, 0.4) is 0 Å². The summed E-state index contributed by atoms with van der Waals surface area (Å²) in [5.41, 5.74) is 0. The second kappa shape index (κ2) is 2.00. The molecule has 0 amide bonds. The van der Waals surface area contributed by atoms with E-state index in [1.165, 1.54) is 0 Å². The lowest BCUT2D eigenvalue weighted by Crippen LogP contribution is -2.12. The highest BCUT2D eigenvalue weighted by Crippen LogP contribution is 2.09. The molecule has 0 rings (SSSR count). The minimum atomic E-state index is -0.202. The smallest absolute Gasteiger partial charge is 0.147 e. The maximum atomic E-state index is 4.94. The van der Waals surface area contributed by atoms with Crippen molar-refractivity contribution in [2.75, 3.05) is 0 Å². The third-order valence-electron chi connectivity index (χ3n) is 0.500. The third kappa shape index (κ3) is 4.53. The van der Waals surface area contributed by atoms with Crippen LogP contribution in [-0.2, 0) is 4.43 Å². The van der Waals surface area contributed by atoms with E-state index in [9.17, 15) is 0 Å². The van der Waals surface area contributed by atoms with Crippen LogP contribution >= 0.6 is 12.6 Å². The van der Waals surface area contributed by atoms with Gasteiger partial charge in [-0.25, -0.2) is 0 Å². The predicted octanol–water partition coefficient (Wildman–Crippen LogP) is -0.0507. The van der Waals surface area contributed by atoms with E-state index in [0.29, 0.717) is 0 Å². The van der Waals surface area contributed by atoms with Crippen molar-refractivity contribution in [3.63, 3.8) is 0 Å². The van der Waals surface area contributed by atoms with Gasteiger partial charge in [0.15, 0.2) is 0 Å². The molecule has 0 aliphatic rings. The van der Waals surface area contributed by atoms with Gasteiger partial charge >= 0.3 is 0 Å². The van der Waals surface area contributed by atoms with E-state index in [1.807, 2.05) is 13.8 Å². The SMILES string of the molecule is CC(C)(S)O[SiH3]. The van der Waals surface area contributed by atoms with Gasteiger partial charge in [0.25, 0.3) is 0 Å². The summed E-state index contributed by atoms with van der Waals surface area (Å²) in [5.74, 6) is 0. The van der Waals surface area contributed by atoms with Crippen molar-refractivity contribution in [1.29, 1.82) is 0 Å². The summed E-state index contributed by atoms with van der Waals surface area (Å²) in [5, 5.41) is 0. The molecule has 0 fully saturated rings. The maximum Gasteiger partial charge on any atom is 0.147 e. The van der Waals surface area contributed by atoms with Gasteiger partial charge in [0.2, 0.25) is 0 Å². The predicted molar refractivity (Wildman–Crippen MR) is 34.1 cm³/mol. The Bertz CT molecular complexity index is 40.5. The third-order valence-corrected chi connectivity index (χ3v) is 2.05. The molecule has 6 heavy (non-hydrogen) atoms. The molecule has 38 valence electrons. The van der Waals surface area contributed by atoms with Crippen molar-refractivity contribution in [3.05, 3.63) is 0 Å². The van der Waals surface area contributed by atoms with Crippen LogP contribution in [0.25, 0.3) is 0 Å². The van der Waals surface area contributed by atoms with Crippen molar-refractivity contribution < 1.29 is 4.43 Å². The molecule has 0 atom stereocenters. The van der Waals surface area contributed by atoms with Crippen LogP contribution in [0.2, 0.25) is 0 Å². The van der Waals surface area contributed by atoms with Gasteiger partial charge in [0, 0.05) is 0 Å². The molecule has 0 unspecified atom stereocenters. The standard InChI is InChI=1S/C3H10OSSi/c1-3(2,5)4-6/h5H,1-2,6H3. The van der Waals surface area contributed by atoms with Crippen LogP contribution in [0, 0.1) is 0 Å². The summed E-state index contributed by atoms with van der Waals surface area (Å²) in [4.78, 5) is -0.202. The van der Waals surface area contributed by atoms with E-state index >= 15 is 0 Å². The van der Waals surface area contributed by atoms with E-state index in [4.69, 9.17) is 4.43 Å². The Kier molecular flexibility index (Phi) is 2.17. The molecule has 0 N–H and O–H groups in total. The Morgan fingerprint density at radius 2 is 1.83 bits per heavy atom. The van der Waals surface area contributed by atoms with E-state index in [2.05, 4.69) is 12.6 Å². The lowest BCUT2D eigenvalue weighted by molar-refractivity contribution is 0.231. The average Bonchev–Trinajstić information content (AvgIpc) is 1.35. The number of hydrogen-bond acceptors (Lipinski definition) is 2. The van der Waals surface area contributed by atoms with Gasteiger partial charge < -0.3 is 4.43 Å². The minimum absolute atomic E-state index is 0.202. The summed E-state index contributed by atoms with van der Waals surface area (Å²) in [6, 6.07) is 0. The van der Waals surface area contributed by atoms with Crippen molar-refractivity contribution in [2.24, 2.45) is 0 Å². The summed E-state index contributed by atoms with van der Waals surface area (Å²) < 4.78 is 4.94. The van der Waals surface area contributed by atoms with E-state index < -0.39 is 0 Å². The molecule has 0 bridgehead atoms. The first-order valence-electron chi connectivity index (χ1n) is 1.84. The molecule has 0 saturated heterocycles. The second-order valence-electron chi connectivity index (χ2n) is 1.65. The number of hydrogen-bond donors (Lipinski definition) is 1. The quantitative estimate of drug-likeness (QED) is 0.291.